The lowest BCUT2D eigenvalue weighted by Crippen LogP contribution is -2.22. The summed E-state index contributed by atoms with van der Waals surface area (Å²) in [5.41, 5.74) is 3.22. The Morgan fingerprint density at radius 3 is 2.79 bits per heavy atom. The van der Waals surface area contributed by atoms with Crippen molar-refractivity contribution >= 4 is 17.2 Å². The molecule has 1 N–H and O–H groups in total. The van der Waals surface area contributed by atoms with Gasteiger partial charge in [0.2, 0.25) is 6.36 Å². The summed E-state index contributed by atoms with van der Waals surface area (Å²) < 4.78 is 24.9. The van der Waals surface area contributed by atoms with E-state index in [0.717, 1.165) is 41.8 Å². The van der Waals surface area contributed by atoms with Gasteiger partial charge in [0.25, 0.3) is 0 Å². The van der Waals surface area contributed by atoms with Crippen LogP contribution >= 0.6 is 0 Å². The number of hydrogen-bond donors (Lipinski definition) is 1. The molecular weight excluding hydrogens is 429 g/mol. The molecule has 0 bridgehead atoms. The number of aromatic nitrogens is 1. The van der Waals surface area contributed by atoms with Gasteiger partial charge in [-0.2, -0.15) is 0 Å². The van der Waals surface area contributed by atoms with Crippen molar-refractivity contribution in [3.63, 3.8) is 0 Å². The van der Waals surface area contributed by atoms with Crippen LogP contribution in [0.4, 0.5) is 10.1 Å². The fourth-order valence-corrected chi connectivity index (χ4v) is 4.23. The van der Waals surface area contributed by atoms with Crippen LogP contribution in [0.3, 0.4) is 0 Å². The Morgan fingerprint density at radius 1 is 1.24 bits per heavy atom. The Balaban J connectivity index is 1.65. The van der Waals surface area contributed by atoms with Crippen molar-refractivity contribution in [2.75, 3.05) is 5.32 Å². The molecule has 1 aromatic carbocycles. The maximum Gasteiger partial charge on any atom is 0.235 e. The molecule has 6 heteroatoms. The Bertz CT molecular complexity index is 1090. The van der Waals surface area contributed by atoms with Crippen LogP contribution in [-0.4, -0.2) is 23.3 Å². The summed E-state index contributed by atoms with van der Waals surface area (Å²) in [5.74, 6) is 2.24. The van der Waals surface area contributed by atoms with Crippen molar-refractivity contribution in [3.05, 3.63) is 84.4 Å². The van der Waals surface area contributed by atoms with E-state index in [0.29, 0.717) is 17.3 Å². The van der Waals surface area contributed by atoms with Crippen molar-refractivity contribution in [1.29, 1.82) is 0 Å². The van der Waals surface area contributed by atoms with Gasteiger partial charge >= 0.3 is 0 Å². The predicted molar refractivity (Wildman–Crippen MR) is 135 cm³/mol. The Labute approximate surface area is 201 Å². The number of hydrogen-bond acceptors (Lipinski definition) is 4. The zero-order chi connectivity index (χ0) is 23.9. The topological polar surface area (TPSA) is 55.7 Å². The predicted octanol–water partition coefficient (Wildman–Crippen LogP) is 7.07. The first kappa shape index (κ1) is 23.7. The fourth-order valence-electron chi connectivity index (χ4n) is 4.23. The van der Waals surface area contributed by atoms with Crippen LogP contribution in [0.2, 0.25) is 0 Å². The molecule has 1 saturated carbocycles. The minimum absolute atomic E-state index is 0.231. The lowest BCUT2D eigenvalue weighted by molar-refractivity contribution is 0.0861. The Morgan fingerprint density at radius 2 is 2.06 bits per heavy atom. The molecule has 2 aliphatic rings. The molecule has 2 aromatic rings. The first-order valence-electron chi connectivity index (χ1n) is 11.9. The van der Waals surface area contributed by atoms with Gasteiger partial charge in [-0.15, -0.1) is 0 Å². The number of rotatable bonds is 8. The molecule has 1 fully saturated rings. The highest BCUT2D eigenvalue weighted by atomic mass is 19.1. The van der Waals surface area contributed by atoms with Gasteiger partial charge in [0.1, 0.15) is 17.3 Å². The SMILES string of the molecule is C=C(N=C(Nc1cccc(OC(C)F)c1)C1=CC(OC2CCCC2)=CCC1C)c1cccnc1. The van der Waals surface area contributed by atoms with E-state index in [9.17, 15) is 4.39 Å². The largest absolute Gasteiger partial charge is 0.491 e. The molecule has 0 spiro atoms. The number of ether oxygens (including phenoxy) is 2. The second-order valence-electron chi connectivity index (χ2n) is 8.83. The van der Waals surface area contributed by atoms with Crippen LogP contribution in [0, 0.1) is 5.92 Å². The van der Waals surface area contributed by atoms with Crippen molar-refractivity contribution in [2.45, 2.75) is 58.4 Å². The molecule has 34 heavy (non-hydrogen) atoms. The summed E-state index contributed by atoms with van der Waals surface area (Å²) in [6, 6.07) is 11.0. The van der Waals surface area contributed by atoms with Crippen LogP contribution < -0.4 is 10.1 Å². The average Bonchev–Trinajstić information content (AvgIpc) is 3.33. The van der Waals surface area contributed by atoms with Gasteiger partial charge in [-0.05, 0) is 74.4 Å². The van der Waals surface area contributed by atoms with Crippen LogP contribution in [0.25, 0.3) is 5.70 Å². The number of aliphatic imine (C=N–C) groups is 1. The third-order valence-corrected chi connectivity index (χ3v) is 6.02. The summed E-state index contributed by atoms with van der Waals surface area (Å²) >= 11 is 0. The second-order valence-corrected chi connectivity index (χ2v) is 8.83. The molecular formula is C28H32FN3O2. The molecule has 0 radical (unpaired) electrons. The van der Waals surface area contributed by atoms with Gasteiger partial charge < -0.3 is 14.8 Å². The molecule has 0 amide bonds. The van der Waals surface area contributed by atoms with Gasteiger partial charge in [0, 0.05) is 42.2 Å². The molecule has 1 heterocycles. The van der Waals surface area contributed by atoms with Gasteiger partial charge in [-0.3, -0.25) is 4.98 Å². The number of alkyl halides is 1. The smallest absolute Gasteiger partial charge is 0.235 e. The number of pyridine rings is 1. The van der Waals surface area contributed by atoms with Gasteiger partial charge in [0.05, 0.1) is 11.8 Å². The van der Waals surface area contributed by atoms with E-state index in [-0.39, 0.29) is 12.0 Å². The summed E-state index contributed by atoms with van der Waals surface area (Å²) in [7, 11) is 0. The molecule has 5 nitrogen and oxygen atoms in total. The maximum atomic E-state index is 13.4. The first-order valence-corrected chi connectivity index (χ1v) is 11.9. The zero-order valence-electron chi connectivity index (χ0n) is 19.8. The first-order chi connectivity index (χ1) is 16.5. The normalized spacial score (nSPS) is 19.7. The van der Waals surface area contributed by atoms with Crippen molar-refractivity contribution in [3.8, 4) is 5.75 Å². The Hall–Kier alpha value is -3.41. The van der Waals surface area contributed by atoms with E-state index >= 15 is 0 Å². The van der Waals surface area contributed by atoms with E-state index in [1.54, 1.807) is 24.5 Å². The minimum Gasteiger partial charge on any atom is -0.491 e. The summed E-state index contributed by atoms with van der Waals surface area (Å²) in [6.07, 6.45) is 12.1. The Kier molecular flexibility index (Phi) is 7.78. The van der Waals surface area contributed by atoms with E-state index in [1.165, 1.54) is 19.8 Å². The van der Waals surface area contributed by atoms with Crippen LogP contribution in [-0.2, 0) is 4.74 Å². The highest BCUT2D eigenvalue weighted by Crippen LogP contribution is 2.31. The molecule has 0 saturated heterocycles. The van der Waals surface area contributed by atoms with E-state index in [2.05, 4.69) is 36.0 Å². The van der Waals surface area contributed by atoms with E-state index < -0.39 is 6.36 Å². The number of benzene rings is 1. The highest BCUT2D eigenvalue weighted by Gasteiger charge is 2.23. The molecule has 178 valence electrons. The second kappa shape index (κ2) is 11.1. The minimum atomic E-state index is -1.39. The summed E-state index contributed by atoms with van der Waals surface area (Å²) in [4.78, 5) is 9.06. The van der Waals surface area contributed by atoms with Crippen molar-refractivity contribution in [1.82, 2.24) is 4.98 Å². The van der Waals surface area contributed by atoms with Gasteiger partial charge in [0.15, 0.2) is 0 Å². The molecule has 2 atom stereocenters. The molecule has 2 aliphatic carbocycles. The average molecular weight is 462 g/mol. The summed E-state index contributed by atoms with van der Waals surface area (Å²) in [6.45, 7) is 7.70. The van der Waals surface area contributed by atoms with E-state index in [4.69, 9.17) is 14.5 Å². The van der Waals surface area contributed by atoms with Gasteiger partial charge in [-0.25, -0.2) is 9.38 Å². The third-order valence-electron chi connectivity index (χ3n) is 6.02. The van der Waals surface area contributed by atoms with Crippen LogP contribution in [0.15, 0.2) is 83.8 Å². The molecule has 2 unspecified atom stereocenters. The van der Waals surface area contributed by atoms with Crippen molar-refractivity contribution in [2.24, 2.45) is 10.9 Å². The number of halogens is 1. The fraction of sp³-hybridized carbons (Fsp3) is 0.357. The molecule has 0 aliphatic heterocycles. The molecule has 1 aromatic heterocycles. The molecule has 4 rings (SSSR count). The monoisotopic (exact) mass is 461 g/mol. The maximum absolute atomic E-state index is 13.4. The highest BCUT2D eigenvalue weighted by molar-refractivity contribution is 6.10. The van der Waals surface area contributed by atoms with Crippen LogP contribution in [0.5, 0.6) is 5.75 Å². The quantitative estimate of drug-likeness (QED) is 0.337. The number of anilines is 1. The third kappa shape index (κ3) is 6.34. The van der Waals surface area contributed by atoms with Gasteiger partial charge in [-0.1, -0.05) is 19.6 Å². The zero-order valence-corrected chi connectivity index (χ0v) is 19.8. The van der Waals surface area contributed by atoms with E-state index in [1.807, 2.05) is 24.3 Å². The number of amidine groups is 1. The lowest BCUT2D eigenvalue weighted by atomic mass is 9.91. The number of nitrogens with zero attached hydrogens (tertiary/aromatic N) is 2. The lowest BCUT2D eigenvalue weighted by Gasteiger charge is -2.25. The van der Waals surface area contributed by atoms with Crippen LogP contribution in [0.1, 0.15) is 51.5 Å². The summed E-state index contributed by atoms with van der Waals surface area (Å²) in [5, 5.41) is 3.42. The standard InChI is InChI=1S/C28H32FN3O2/c1-19-13-14-26(34-24-10-4-5-11-24)17-27(19)28(31-20(2)22-8-7-15-30-18-22)32-23-9-6-12-25(16-23)33-21(3)29/h6-9,12,14-19,21,24H,2,4-5,10-11,13H2,1,3H3,(H,31,32). The number of allylic oxidation sites excluding steroid dienone is 2. The van der Waals surface area contributed by atoms with Crippen molar-refractivity contribution < 1.29 is 13.9 Å². The number of nitrogens with one attached hydrogen (secondary N) is 1.